The van der Waals surface area contributed by atoms with Gasteiger partial charge in [0.1, 0.15) is 5.75 Å². The topological polar surface area (TPSA) is 29.5 Å². The molecule has 0 saturated heterocycles. The van der Waals surface area contributed by atoms with Crippen molar-refractivity contribution >= 4 is 5.91 Å². The normalized spacial score (nSPS) is 17.2. The Balaban J connectivity index is 2.16. The van der Waals surface area contributed by atoms with Gasteiger partial charge in [-0.1, -0.05) is 30.3 Å². The van der Waals surface area contributed by atoms with Gasteiger partial charge < -0.3 is 9.64 Å². The van der Waals surface area contributed by atoms with E-state index in [2.05, 4.69) is 0 Å². The molecule has 2 aromatic carbocycles. The van der Waals surface area contributed by atoms with Crippen molar-refractivity contribution in [2.75, 3.05) is 14.2 Å². The third-order valence-electron chi connectivity index (χ3n) is 3.93. The number of aryl methyl sites for hydroxylation is 1. The molecule has 1 aliphatic rings. The number of amides is 1. The lowest BCUT2D eigenvalue weighted by Gasteiger charge is -2.21. The lowest BCUT2D eigenvalue weighted by atomic mass is 9.95. The highest BCUT2D eigenvalue weighted by Crippen LogP contribution is 2.39. The Morgan fingerprint density at radius 1 is 1.15 bits per heavy atom. The van der Waals surface area contributed by atoms with E-state index >= 15 is 0 Å². The summed E-state index contributed by atoms with van der Waals surface area (Å²) in [5.74, 6) is 0.898. The predicted molar refractivity (Wildman–Crippen MR) is 78.1 cm³/mol. The minimum absolute atomic E-state index is 0.0347. The molecule has 0 radical (unpaired) electrons. The third-order valence-corrected chi connectivity index (χ3v) is 3.93. The fourth-order valence-corrected chi connectivity index (χ4v) is 2.93. The van der Waals surface area contributed by atoms with Gasteiger partial charge in [0.15, 0.2) is 0 Å². The maximum absolute atomic E-state index is 12.5. The van der Waals surface area contributed by atoms with E-state index in [1.807, 2.05) is 56.4 Å². The SMILES string of the molecule is COc1cccc(C2c3cccc(C)c3C(=O)N2C)c1. The monoisotopic (exact) mass is 267 g/mol. The van der Waals surface area contributed by atoms with E-state index in [0.29, 0.717) is 0 Å². The summed E-state index contributed by atoms with van der Waals surface area (Å²) in [6, 6.07) is 13.9. The van der Waals surface area contributed by atoms with Crippen LogP contribution >= 0.6 is 0 Å². The van der Waals surface area contributed by atoms with E-state index in [1.165, 1.54) is 0 Å². The smallest absolute Gasteiger partial charge is 0.255 e. The molecule has 3 rings (SSSR count). The van der Waals surface area contributed by atoms with Gasteiger partial charge in [-0.3, -0.25) is 4.79 Å². The molecule has 1 amide bonds. The van der Waals surface area contributed by atoms with Crippen molar-refractivity contribution < 1.29 is 9.53 Å². The molecule has 0 aliphatic carbocycles. The number of nitrogens with zero attached hydrogens (tertiary/aromatic N) is 1. The molecule has 0 saturated carbocycles. The van der Waals surface area contributed by atoms with E-state index in [4.69, 9.17) is 4.74 Å². The molecule has 1 unspecified atom stereocenters. The van der Waals surface area contributed by atoms with Gasteiger partial charge in [0, 0.05) is 12.6 Å². The number of hydrogen-bond donors (Lipinski definition) is 0. The minimum atomic E-state index is -0.0347. The Hall–Kier alpha value is -2.29. The highest BCUT2D eigenvalue weighted by Gasteiger charge is 2.36. The summed E-state index contributed by atoms with van der Waals surface area (Å²) in [6.07, 6.45) is 0. The Labute approximate surface area is 118 Å². The number of ether oxygens (including phenoxy) is 1. The van der Waals surface area contributed by atoms with Crippen molar-refractivity contribution in [3.63, 3.8) is 0 Å². The van der Waals surface area contributed by atoms with Crippen LogP contribution in [0.5, 0.6) is 5.75 Å². The summed E-state index contributed by atoms with van der Waals surface area (Å²) in [7, 11) is 3.51. The average molecular weight is 267 g/mol. The summed E-state index contributed by atoms with van der Waals surface area (Å²) in [4.78, 5) is 14.2. The molecule has 0 fully saturated rings. The van der Waals surface area contributed by atoms with E-state index < -0.39 is 0 Å². The molecule has 2 aromatic rings. The van der Waals surface area contributed by atoms with Crippen molar-refractivity contribution in [2.24, 2.45) is 0 Å². The first-order valence-electron chi connectivity index (χ1n) is 6.64. The van der Waals surface area contributed by atoms with Crippen LogP contribution in [-0.2, 0) is 0 Å². The van der Waals surface area contributed by atoms with Gasteiger partial charge in [0.2, 0.25) is 0 Å². The molecular weight excluding hydrogens is 250 g/mol. The largest absolute Gasteiger partial charge is 0.497 e. The second-order valence-corrected chi connectivity index (χ2v) is 5.13. The quantitative estimate of drug-likeness (QED) is 0.836. The van der Waals surface area contributed by atoms with Crippen LogP contribution < -0.4 is 4.74 Å². The van der Waals surface area contributed by atoms with Crippen LogP contribution in [0.25, 0.3) is 0 Å². The van der Waals surface area contributed by atoms with Gasteiger partial charge in [0.05, 0.1) is 13.2 Å². The highest BCUT2D eigenvalue weighted by atomic mass is 16.5. The molecule has 1 atom stereocenters. The second-order valence-electron chi connectivity index (χ2n) is 5.13. The second kappa shape index (κ2) is 4.67. The van der Waals surface area contributed by atoms with Crippen molar-refractivity contribution in [1.29, 1.82) is 0 Å². The summed E-state index contributed by atoms with van der Waals surface area (Å²) in [6.45, 7) is 1.98. The third kappa shape index (κ3) is 1.78. The number of fused-ring (bicyclic) bond motifs is 1. The van der Waals surface area contributed by atoms with Gasteiger partial charge in [-0.2, -0.15) is 0 Å². The number of benzene rings is 2. The molecule has 0 spiro atoms. The van der Waals surface area contributed by atoms with Crippen LogP contribution in [-0.4, -0.2) is 25.0 Å². The molecule has 0 bridgehead atoms. The molecule has 3 heteroatoms. The number of rotatable bonds is 2. The molecule has 1 aliphatic heterocycles. The van der Waals surface area contributed by atoms with E-state index in [1.54, 1.807) is 12.0 Å². The molecule has 102 valence electrons. The van der Waals surface area contributed by atoms with Crippen LogP contribution in [0.2, 0.25) is 0 Å². The van der Waals surface area contributed by atoms with Crippen molar-refractivity contribution in [2.45, 2.75) is 13.0 Å². The zero-order valence-corrected chi connectivity index (χ0v) is 11.9. The lowest BCUT2D eigenvalue weighted by Crippen LogP contribution is -2.23. The summed E-state index contributed by atoms with van der Waals surface area (Å²) < 4.78 is 5.28. The molecule has 1 heterocycles. The molecule has 3 nitrogen and oxygen atoms in total. The fourth-order valence-electron chi connectivity index (χ4n) is 2.93. The van der Waals surface area contributed by atoms with Crippen LogP contribution in [0.1, 0.15) is 33.1 Å². The standard InChI is InChI=1S/C17H17NO2/c1-11-6-4-9-14-15(11)17(19)18(2)16(14)12-7-5-8-13(10-12)20-3/h4-10,16H,1-3H3. The van der Waals surface area contributed by atoms with E-state index in [-0.39, 0.29) is 11.9 Å². The Morgan fingerprint density at radius 3 is 2.65 bits per heavy atom. The predicted octanol–water partition coefficient (Wildman–Crippen LogP) is 3.18. The summed E-state index contributed by atoms with van der Waals surface area (Å²) in [5, 5.41) is 0. The van der Waals surface area contributed by atoms with E-state index in [0.717, 1.165) is 28.0 Å². The minimum Gasteiger partial charge on any atom is -0.497 e. The number of hydrogen-bond acceptors (Lipinski definition) is 2. The Kier molecular flexibility index (Phi) is 2.97. The number of carbonyl (C=O) groups is 1. The molecule has 0 N–H and O–H groups in total. The molecule has 20 heavy (non-hydrogen) atoms. The molecular formula is C17H17NO2. The molecule has 0 aromatic heterocycles. The number of carbonyl (C=O) groups excluding carboxylic acids is 1. The fraction of sp³-hybridized carbons (Fsp3) is 0.235. The van der Waals surface area contributed by atoms with Crippen LogP contribution in [0.4, 0.5) is 0 Å². The summed E-state index contributed by atoms with van der Waals surface area (Å²) in [5.41, 5.74) is 4.02. The number of methoxy groups -OCH3 is 1. The maximum atomic E-state index is 12.5. The zero-order chi connectivity index (χ0) is 14.3. The van der Waals surface area contributed by atoms with Crippen LogP contribution in [0.3, 0.4) is 0 Å². The highest BCUT2D eigenvalue weighted by molar-refractivity contribution is 6.00. The van der Waals surface area contributed by atoms with Crippen molar-refractivity contribution in [1.82, 2.24) is 4.90 Å². The first-order valence-corrected chi connectivity index (χ1v) is 6.64. The Bertz CT molecular complexity index is 678. The van der Waals surface area contributed by atoms with Crippen molar-refractivity contribution in [3.05, 3.63) is 64.7 Å². The first-order chi connectivity index (χ1) is 9.63. The lowest BCUT2D eigenvalue weighted by molar-refractivity contribution is 0.0793. The first kappa shape index (κ1) is 12.7. The van der Waals surface area contributed by atoms with Crippen molar-refractivity contribution in [3.8, 4) is 5.75 Å². The summed E-state index contributed by atoms with van der Waals surface area (Å²) >= 11 is 0. The van der Waals surface area contributed by atoms with Gasteiger partial charge >= 0.3 is 0 Å². The van der Waals surface area contributed by atoms with Gasteiger partial charge in [-0.15, -0.1) is 0 Å². The van der Waals surface area contributed by atoms with Gasteiger partial charge in [-0.25, -0.2) is 0 Å². The Morgan fingerprint density at radius 2 is 1.90 bits per heavy atom. The van der Waals surface area contributed by atoms with Crippen LogP contribution in [0.15, 0.2) is 42.5 Å². The van der Waals surface area contributed by atoms with Crippen LogP contribution in [0, 0.1) is 6.92 Å². The van der Waals surface area contributed by atoms with E-state index in [9.17, 15) is 4.79 Å². The zero-order valence-electron chi connectivity index (χ0n) is 11.9. The average Bonchev–Trinajstić information content (AvgIpc) is 2.72. The van der Waals surface area contributed by atoms with Gasteiger partial charge in [0.25, 0.3) is 5.91 Å². The maximum Gasteiger partial charge on any atom is 0.255 e. The van der Waals surface area contributed by atoms with Gasteiger partial charge in [-0.05, 0) is 35.7 Å².